The Morgan fingerprint density at radius 1 is 1.07 bits per heavy atom. The van der Waals surface area contributed by atoms with Gasteiger partial charge in [-0.25, -0.2) is 8.42 Å². The number of hydrogen-bond donors (Lipinski definition) is 0. The lowest BCUT2D eigenvalue weighted by Crippen LogP contribution is -2.37. The summed E-state index contributed by atoms with van der Waals surface area (Å²) in [6, 6.07) is 14.8. The van der Waals surface area contributed by atoms with Gasteiger partial charge in [0.1, 0.15) is 0 Å². The Hall–Kier alpha value is -2.12. The summed E-state index contributed by atoms with van der Waals surface area (Å²) in [5, 5.41) is 0.483. The number of anilines is 1. The van der Waals surface area contributed by atoms with E-state index in [1.54, 1.807) is 24.3 Å². The van der Waals surface area contributed by atoms with Gasteiger partial charge in [0.25, 0.3) is 5.91 Å². The molecule has 0 spiro atoms. The number of aliphatic imine (C=N–C) groups is 1. The second kappa shape index (κ2) is 6.80. The van der Waals surface area contributed by atoms with E-state index in [9.17, 15) is 13.2 Å². The number of hydrogen-bond acceptors (Lipinski definition) is 4. The number of thioether (sulfide) groups is 1. The average Bonchev–Trinajstić information content (AvgIpc) is 3.05. The fraction of sp³-hybridized carbons (Fsp3) is 0.300. The smallest absolute Gasteiger partial charge is 0.279 e. The van der Waals surface area contributed by atoms with Crippen molar-refractivity contribution in [2.75, 3.05) is 16.4 Å². The summed E-state index contributed by atoms with van der Waals surface area (Å²) in [5.41, 5.74) is 3.60. The number of aryl methyl sites for hydroxylation is 2. The largest absolute Gasteiger partial charge is 0.316 e. The van der Waals surface area contributed by atoms with Crippen molar-refractivity contribution in [1.29, 1.82) is 0 Å². The van der Waals surface area contributed by atoms with E-state index < -0.39 is 9.84 Å². The van der Waals surface area contributed by atoms with E-state index in [1.807, 2.05) is 36.9 Å². The normalized spacial score (nSPS) is 25.0. The Kier molecular flexibility index (Phi) is 4.60. The third-order valence-electron chi connectivity index (χ3n) is 4.77. The van der Waals surface area contributed by atoms with Gasteiger partial charge in [-0.3, -0.25) is 4.79 Å². The first-order valence-electron chi connectivity index (χ1n) is 8.75. The van der Waals surface area contributed by atoms with Gasteiger partial charge in [0.05, 0.1) is 17.5 Å². The summed E-state index contributed by atoms with van der Waals surface area (Å²) < 4.78 is 24.3. The predicted molar refractivity (Wildman–Crippen MR) is 110 cm³/mol. The highest BCUT2D eigenvalue weighted by atomic mass is 32.2. The molecule has 0 aromatic heterocycles. The Bertz CT molecular complexity index is 1010. The van der Waals surface area contributed by atoms with Crippen molar-refractivity contribution in [3.8, 4) is 0 Å². The number of amides is 1. The SMILES string of the molecule is Cc1cc(C)cc(N2C(=NC(=O)c3ccccc3)S[C@H]3CS(=O)(=O)C[C@H]32)c1. The van der Waals surface area contributed by atoms with Crippen molar-refractivity contribution in [3.63, 3.8) is 0 Å². The minimum Gasteiger partial charge on any atom is -0.316 e. The van der Waals surface area contributed by atoms with E-state index in [0.29, 0.717) is 10.7 Å². The Morgan fingerprint density at radius 2 is 1.74 bits per heavy atom. The van der Waals surface area contributed by atoms with Gasteiger partial charge in [0.15, 0.2) is 15.0 Å². The standard InChI is InChI=1S/C20H20N2O3S2/c1-13-8-14(2)10-16(9-13)22-17-11-27(24,25)12-18(17)26-20(22)21-19(23)15-6-4-3-5-7-15/h3-10,17-18H,11-12H2,1-2H3/t17-,18+/m1/s1. The molecule has 0 N–H and O–H groups in total. The molecule has 0 bridgehead atoms. The van der Waals surface area contributed by atoms with E-state index in [1.165, 1.54) is 11.8 Å². The molecular weight excluding hydrogens is 380 g/mol. The summed E-state index contributed by atoms with van der Waals surface area (Å²) in [6.45, 7) is 4.02. The van der Waals surface area contributed by atoms with Crippen LogP contribution in [-0.4, -0.2) is 42.3 Å². The molecule has 0 saturated carbocycles. The van der Waals surface area contributed by atoms with Crippen molar-refractivity contribution < 1.29 is 13.2 Å². The molecule has 0 radical (unpaired) electrons. The summed E-state index contributed by atoms with van der Waals surface area (Å²) in [4.78, 5) is 18.9. The predicted octanol–water partition coefficient (Wildman–Crippen LogP) is 3.22. The molecule has 1 amide bonds. The van der Waals surface area contributed by atoms with Gasteiger partial charge in [0.2, 0.25) is 0 Å². The minimum absolute atomic E-state index is 0.0935. The molecule has 2 aromatic carbocycles. The van der Waals surface area contributed by atoms with Gasteiger partial charge >= 0.3 is 0 Å². The van der Waals surface area contributed by atoms with Gasteiger partial charge in [-0.15, -0.1) is 0 Å². The van der Waals surface area contributed by atoms with Crippen LogP contribution in [0, 0.1) is 13.8 Å². The van der Waals surface area contributed by atoms with Crippen LogP contribution in [-0.2, 0) is 9.84 Å². The van der Waals surface area contributed by atoms with Crippen LogP contribution >= 0.6 is 11.8 Å². The molecule has 2 heterocycles. The molecule has 4 rings (SSSR count). The van der Waals surface area contributed by atoms with Crippen LogP contribution in [0.3, 0.4) is 0 Å². The van der Waals surface area contributed by atoms with Gasteiger partial charge in [0, 0.05) is 16.5 Å². The van der Waals surface area contributed by atoms with Crippen LogP contribution in [0.25, 0.3) is 0 Å². The number of sulfone groups is 1. The molecule has 0 aliphatic carbocycles. The number of rotatable bonds is 2. The van der Waals surface area contributed by atoms with Crippen molar-refractivity contribution in [3.05, 3.63) is 65.2 Å². The first-order chi connectivity index (χ1) is 12.8. The first kappa shape index (κ1) is 18.3. The second-order valence-corrected chi connectivity index (χ2v) is 10.4. The van der Waals surface area contributed by atoms with E-state index in [0.717, 1.165) is 16.8 Å². The Balaban J connectivity index is 1.76. The zero-order valence-electron chi connectivity index (χ0n) is 15.1. The van der Waals surface area contributed by atoms with E-state index in [-0.39, 0.29) is 28.7 Å². The van der Waals surface area contributed by atoms with Crippen LogP contribution in [0.1, 0.15) is 21.5 Å². The summed E-state index contributed by atoms with van der Waals surface area (Å²) >= 11 is 1.40. The topological polar surface area (TPSA) is 66.8 Å². The fourth-order valence-electron chi connectivity index (χ4n) is 3.69. The lowest BCUT2D eigenvalue weighted by molar-refractivity contribution is 0.100. The number of nitrogens with zero attached hydrogens (tertiary/aromatic N) is 2. The number of carbonyl (C=O) groups is 1. The monoisotopic (exact) mass is 400 g/mol. The van der Waals surface area contributed by atoms with Gasteiger partial charge in [-0.2, -0.15) is 4.99 Å². The zero-order valence-corrected chi connectivity index (χ0v) is 16.8. The molecule has 2 saturated heterocycles. The highest BCUT2D eigenvalue weighted by Gasteiger charge is 2.49. The molecule has 5 nitrogen and oxygen atoms in total. The maximum atomic E-state index is 12.6. The highest BCUT2D eigenvalue weighted by Crippen LogP contribution is 2.41. The van der Waals surface area contributed by atoms with Crippen LogP contribution in [0.2, 0.25) is 0 Å². The van der Waals surface area contributed by atoms with Crippen molar-refractivity contribution in [2.45, 2.75) is 25.1 Å². The maximum Gasteiger partial charge on any atom is 0.279 e. The van der Waals surface area contributed by atoms with E-state index >= 15 is 0 Å². The van der Waals surface area contributed by atoms with Crippen molar-refractivity contribution in [2.24, 2.45) is 4.99 Å². The van der Waals surface area contributed by atoms with Gasteiger partial charge < -0.3 is 4.90 Å². The summed E-state index contributed by atoms with van der Waals surface area (Å²) in [7, 11) is -3.07. The fourth-order valence-corrected chi connectivity index (χ4v) is 7.60. The first-order valence-corrected chi connectivity index (χ1v) is 11.5. The molecule has 2 atom stereocenters. The van der Waals surface area contributed by atoms with Crippen molar-refractivity contribution in [1.82, 2.24) is 0 Å². The van der Waals surface area contributed by atoms with Crippen LogP contribution < -0.4 is 4.90 Å². The zero-order chi connectivity index (χ0) is 19.2. The third-order valence-corrected chi connectivity index (χ3v) is 7.98. The lowest BCUT2D eigenvalue weighted by atomic mass is 10.1. The molecule has 0 unspecified atom stereocenters. The Morgan fingerprint density at radius 3 is 2.41 bits per heavy atom. The number of carbonyl (C=O) groups excluding carboxylic acids is 1. The second-order valence-electron chi connectivity index (χ2n) is 7.08. The van der Waals surface area contributed by atoms with E-state index in [4.69, 9.17) is 0 Å². The molecule has 2 fully saturated rings. The molecule has 27 heavy (non-hydrogen) atoms. The Labute approximate surface area is 163 Å². The third kappa shape index (κ3) is 3.66. The molecule has 2 aliphatic rings. The van der Waals surface area contributed by atoms with Gasteiger partial charge in [-0.1, -0.05) is 36.0 Å². The molecule has 7 heteroatoms. The van der Waals surface area contributed by atoms with Crippen molar-refractivity contribution >= 4 is 38.4 Å². The molecule has 2 aromatic rings. The average molecular weight is 401 g/mol. The summed E-state index contributed by atoms with van der Waals surface area (Å²) in [6.07, 6.45) is 0. The number of fused-ring (bicyclic) bond motifs is 1. The van der Waals surface area contributed by atoms with Crippen LogP contribution in [0.4, 0.5) is 5.69 Å². The quantitative estimate of drug-likeness (QED) is 0.774. The molecular formula is C20H20N2O3S2. The van der Waals surface area contributed by atoms with Crippen LogP contribution in [0.5, 0.6) is 0 Å². The molecule has 2 aliphatic heterocycles. The highest BCUT2D eigenvalue weighted by molar-refractivity contribution is 8.16. The van der Waals surface area contributed by atoms with Crippen LogP contribution in [0.15, 0.2) is 53.5 Å². The minimum atomic E-state index is -3.07. The summed E-state index contributed by atoms with van der Waals surface area (Å²) in [5.74, 6) is -0.0893. The van der Waals surface area contributed by atoms with E-state index in [2.05, 4.69) is 11.1 Å². The molecule has 140 valence electrons. The number of benzene rings is 2. The van der Waals surface area contributed by atoms with Gasteiger partial charge in [-0.05, 0) is 49.2 Å². The maximum absolute atomic E-state index is 12.6. The number of amidine groups is 1. The lowest BCUT2D eigenvalue weighted by Gasteiger charge is -2.25.